The predicted molar refractivity (Wildman–Crippen MR) is 175 cm³/mol. The van der Waals surface area contributed by atoms with Crippen LogP contribution in [0, 0.1) is 0 Å². The molecule has 0 spiro atoms. The van der Waals surface area contributed by atoms with Crippen molar-refractivity contribution in [2.75, 3.05) is 56.6 Å². The maximum atomic E-state index is 13.6. The van der Waals surface area contributed by atoms with Gasteiger partial charge in [0.25, 0.3) is 11.8 Å². The number of carbonyl (C=O) groups excluding carboxylic acids is 2. The van der Waals surface area contributed by atoms with E-state index < -0.39 is 11.8 Å². The summed E-state index contributed by atoms with van der Waals surface area (Å²) in [4.78, 5) is 37.6. The van der Waals surface area contributed by atoms with Crippen molar-refractivity contribution in [3.05, 3.63) is 71.0 Å². The quantitative estimate of drug-likeness (QED) is 0.146. The van der Waals surface area contributed by atoms with E-state index in [2.05, 4.69) is 21.4 Å². The van der Waals surface area contributed by atoms with Crippen LogP contribution in [-0.4, -0.2) is 113 Å². The van der Waals surface area contributed by atoms with E-state index in [0.29, 0.717) is 35.1 Å². The summed E-state index contributed by atoms with van der Waals surface area (Å²) in [7, 11) is 14.5. The highest BCUT2D eigenvalue weighted by atomic mass is 16.5. The molecule has 1 aliphatic rings. The van der Waals surface area contributed by atoms with Crippen LogP contribution in [0.3, 0.4) is 0 Å². The summed E-state index contributed by atoms with van der Waals surface area (Å²) >= 11 is 0. The lowest BCUT2D eigenvalue weighted by Gasteiger charge is -2.32. The molecule has 0 fully saturated rings. The fourth-order valence-corrected chi connectivity index (χ4v) is 6.62. The normalized spacial score (nSPS) is 16.8. The van der Waals surface area contributed by atoms with E-state index in [4.69, 9.17) is 18.9 Å². The first-order valence-electron chi connectivity index (χ1n) is 14.9. The van der Waals surface area contributed by atoms with Gasteiger partial charge < -0.3 is 28.9 Å². The number of imide groups is 1. The lowest BCUT2D eigenvalue weighted by molar-refractivity contribution is -0.122. The van der Waals surface area contributed by atoms with E-state index in [1.807, 2.05) is 74.5 Å². The van der Waals surface area contributed by atoms with E-state index in [9.17, 15) is 9.59 Å². The monoisotopic (exact) mass is 617 g/mol. The van der Waals surface area contributed by atoms with Crippen molar-refractivity contribution in [1.29, 1.82) is 0 Å². The molecule has 240 valence electrons. The highest BCUT2D eigenvalue weighted by Gasteiger charge is 2.36. The number of ether oxygens (including phenoxy) is 4. The first kappa shape index (κ1) is 32.6. The number of H-pyrrole nitrogens is 2. The summed E-state index contributed by atoms with van der Waals surface area (Å²) in [6, 6.07) is 11.8. The van der Waals surface area contributed by atoms with Gasteiger partial charge in [0.2, 0.25) is 0 Å². The van der Waals surface area contributed by atoms with E-state index in [0.717, 1.165) is 32.9 Å². The molecule has 3 heterocycles. The summed E-state index contributed by atoms with van der Waals surface area (Å²) in [5, 5.41) is 4.26. The topological polar surface area (TPSA) is 121 Å². The molecule has 0 saturated carbocycles. The third-order valence-electron chi connectivity index (χ3n) is 8.68. The van der Waals surface area contributed by atoms with Gasteiger partial charge in [-0.3, -0.25) is 24.7 Å². The molecule has 4 atom stereocenters. The lowest BCUT2D eigenvalue weighted by atomic mass is 9.88. The molecular weight excluding hydrogens is 574 g/mol. The van der Waals surface area contributed by atoms with Gasteiger partial charge in [0, 0.05) is 86.6 Å². The first-order chi connectivity index (χ1) is 21.6. The molecule has 45 heavy (non-hydrogen) atoms. The van der Waals surface area contributed by atoms with Gasteiger partial charge in [-0.1, -0.05) is 24.3 Å². The highest BCUT2D eigenvalue weighted by molar-refractivity contribution is 6.50. The number of hydrogen-bond acceptors (Lipinski definition) is 8. The number of aromatic nitrogens is 2. The molecule has 4 unspecified atom stereocenters. The Bertz CT molecular complexity index is 1720. The Morgan fingerprint density at radius 1 is 0.667 bits per heavy atom. The van der Waals surface area contributed by atoms with Crippen LogP contribution in [-0.2, 0) is 41.4 Å². The minimum atomic E-state index is -0.439. The van der Waals surface area contributed by atoms with Crippen molar-refractivity contribution in [2.45, 2.75) is 37.5 Å². The van der Waals surface area contributed by atoms with Gasteiger partial charge in [0.1, 0.15) is 24.7 Å². The SMILES string of the molecule is COC(Cc1ccc2[nH]cc(C3=C(c4c[nH]c5ccccc45)C(=O)NC3=O)c2c1CC(OC)C(OC)N(C)C)C(OC)N(C)C. The van der Waals surface area contributed by atoms with E-state index in [1.165, 1.54) is 0 Å². The molecule has 3 N–H and O–H groups in total. The number of methoxy groups -OCH3 is 4. The van der Waals surface area contributed by atoms with Crippen molar-refractivity contribution in [3.8, 4) is 0 Å². The average Bonchev–Trinajstić information content (AvgIpc) is 3.71. The molecule has 0 saturated heterocycles. The molecule has 11 heteroatoms. The molecule has 2 amide bonds. The van der Waals surface area contributed by atoms with Crippen molar-refractivity contribution in [1.82, 2.24) is 25.1 Å². The number of nitrogens with zero attached hydrogens (tertiary/aromatic N) is 2. The summed E-state index contributed by atoms with van der Waals surface area (Å²) in [6.45, 7) is 0. The number of benzene rings is 2. The minimum Gasteiger partial charge on any atom is -0.377 e. The molecule has 0 bridgehead atoms. The third-order valence-corrected chi connectivity index (χ3v) is 8.68. The number of carbonyl (C=O) groups is 2. The fourth-order valence-electron chi connectivity index (χ4n) is 6.62. The number of aromatic amines is 2. The zero-order valence-corrected chi connectivity index (χ0v) is 27.2. The maximum Gasteiger partial charge on any atom is 0.259 e. The van der Waals surface area contributed by atoms with Crippen molar-refractivity contribution in [2.24, 2.45) is 0 Å². The lowest BCUT2D eigenvalue weighted by Crippen LogP contribution is -2.44. The second kappa shape index (κ2) is 13.7. The molecule has 5 rings (SSSR count). The Balaban J connectivity index is 1.76. The van der Waals surface area contributed by atoms with Gasteiger partial charge in [0.05, 0.1) is 11.1 Å². The van der Waals surface area contributed by atoms with Crippen molar-refractivity contribution < 1.29 is 28.5 Å². The Kier molecular flexibility index (Phi) is 9.88. The molecule has 2 aromatic heterocycles. The fraction of sp³-hybridized carbons (Fsp3) is 0.412. The molecule has 2 aromatic carbocycles. The Hall–Kier alpha value is -3.84. The molecular formula is C34H43N5O6. The third kappa shape index (κ3) is 6.07. The van der Waals surface area contributed by atoms with Gasteiger partial charge in [-0.2, -0.15) is 0 Å². The van der Waals surface area contributed by atoms with Gasteiger partial charge in [-0.25, -0.2) is 0 Å². The van der Waals surface area contributed by atoms with Crippen LogP contribution in [0.2, 0.25) is 0 Å². The minimum absolute atomic E-state index is 0.297. The van der Waals surface area contributed by atoms with Crippen LogP contribution >= 0.6 is 0 Å². The number of para-hydroxylation sites is 1. The predicted octanol–water partition coefficient (Wildman–Crippen LogP) is 3.40. The zero-order valence-electron chi connectivity index (χ0n) is 27.2. The summed E-state index contributed by atoms with van der Waals surface area (Å²) in [5.41, 5.74) is 5.66. The molecule has 1 aliphatic heterocycles. The Morgan fingerprint density at radius 2 is 1.22 bits per heavy atom. The highest BCUT2D eigenvalue weighted by Crippen LogP contribution is 2.40. The van der Waals surface area contributed by atoms with Gasteiger partial charge in [0.15, 0.2) is 0 Å². The van der Waals surface area contributed by atoms with Crippen LogP contribution < -0.4 is 5.32 Å². The van der Waals surface area contributed by atoms with E-state index in [1.54, 1.807) is 34.6 Å². The van der Waals surface area contributed by atoms with Gasteiger partial charge in [-0.05, 0) is 51.5 Å². The standard InChI is InChI=1S/C34H43N5O6/c1-38(2)33(44-7)26(42-5)15-19-13-14-25-28(21(19)16-27(43-6)34(45-8)39(3)4)23(18-36-25)30-29(31(40)37-32(30)41)22-17-35-24-12-10-9-11-20(22)24/h9-14,17-18,26-27,33-36H,15-16H2,1-8H3,(H,37,40,41). The molecule has 11 nitrogen and oxygen atoms in total. The number of hydrogen-bond donors (Lipinski definition) is 3. The summed E-state index contributed by atoms with van der Waals surface area (Å²) in [5.74, 6) is -0.868. The van der Waals surface area contributed by atoms with Crippen molar-refractivity contribution >= 4 is 44.8 Å². The number of likely N-dealkylation sites (N-methyl/N-ethyl adjacent to an activating group) is 2. The second-order valence-electron chi connectivity index (χ2n) is 11.7. The van der Waals surface area contributed by atoms with E-state index in [-0.39, 0.29) is 24.7 Å². The number of nitrogens with one attached hydrogen (secondary N) is 3. The van der Waals surface area contributed by atoms with Crippen LogP contribution in [0.4, 0.5) is 0 Å². The molecule has 4 aromatic rings. The van der Waals surface area contributed by atoms with Gasteiger partial charge >= 0.3 is 0 Å². The average molecular weight is 618 g/mol. The Morgan fingerprint density at radius 3 is 1.82 bits per heavy atom. The van der Waals surface area contributed by atoms with Gasteiger partial charge in [-0.15, -0.1) is 0 Å². The largest absolute Gasteiger partial charge is 0.377 e. The number of rotatable bonds is 14. The number of amides is 2. The van der Waals surface area contributed by atoms with Crippen LogP contribution in [0.5, 0.6) is 0 Å². The molecule has 0 aliphatic carbocycles. The first-order valence-corrected chi connectivity index (χ1v) is 14.9. The maximum absolute atomic E-state index is 13.6. The zero-order chi connectivity index (χ0) is 32.4. The summed E-state index contributed by atoms with van der Waals surface area (Å²) < 4.78 is 23.6. The smallest absolute Gasteiger partial charge is 0.259 e. The van der Waals surface area contributed by atoms with Crippen LogP contribution in [0.1, 0.15) is 22.3 Å². The Labute approximate surface area is 263 Å². The summed E-state index contributed by atoms with van der Waals surface area (Å²) in [6.07, 6.45) is 3.30. The molecule has 0 radical (unpaired) electrons. The second-order valence-corrected chi connectivity index (χ2v) is 11.7. The van der Waals surface area contributed by atoms with Crippen LogP contribution in [0.15, 0.2) is 48.8 Å². The van der Waals surface area contributed by atoms with E-state index >= 15 is 0 Å². The number of fused-ring (bicyclic) bond motifs is 2. The van der Waals surface area contributed by atoms with Crippen molar-refractivity contribution in [3.63, 3.8) is 0 Å². The van der Waals surface area contributed by atoms with Crippen LogP contribution in [0.25, 0.3) is 33.0 Å².